The zero-order valence-electron chi connectivity index (χ0n) is 14.6. The van der Waals surface area contributed by atoms with Gasteiger partial charge in [0.15, 0.2) is 6.61 Å². The number of rotatable bonds is 8. The van der Waals surface area contributed by atoms with E-state index in [0.29, 0.717) is 17.5 Å². The molecule has 8 heteroatoms. The van der Waals surface area contributed by atoms with Gasteiger partial charge in [-0.05, 0) is 55.5 Å². The zero-order valence-corrected chi connectivity index (χ0v) is 16.1. The molecule has 1 aromatic heterocycles. The summed E-state index contributed by atoms with van der Waals surface area (Å²) in [6.45, 7) is 2.48. The van der Waals surface area contributed by atoms with Crippen LogP contribution in [-0.4, -0.2) is 28.5 Å². The van der Waals surface area contributed by atoms with Gasteiger partial charge in [-0.15, -0.1) is 11.8 Å². The van der Waals surface area contributed by atoms with Crippen LogP contribution in [0.2, 0.25) is 5.02 Å². The summed E-state index contributed by atoms with van der Waals surface area (Å²) in [4.78, 5) is 17.1. The first-order valence-corrected chi connectivity index (χ1v) is 9.60. The Bertz CT molecular complexity index is 881. The van der Waals surface area contributed by atoms with Crippen molar-refractivity contribution in [2.75, 3.05) is 12.4 Å². The summed E-state index contributed by atoms with van der Waals surface area (Å²) < 4.78 is 15.7. The molecule has 0 bridgehead atoms. The maximum Gasteiger partial charge on any atom is 0.316 e. The molecule has 0 atom stereocenters. The SMILES string of the molecule is CCOc1ccc(SCC(=O)OCc2nc(-c3ccc(Cl)cc3)no2)cc1. The van der Waals surface area contributed by atoms with Gasteiger partial charge in [0.2, 0.25) is 5.82 Å². The van der Waals surface area contributed by atoms with Gasteiger partial charge in [-0.25, -0.2) is 0 Å². The molecule has 6 nitrogen and oxygen atoms in total. The standard InChI is InChI=1S/C19H17ClN2O4S/c1-2-24-15-7-9-16(10-8-15)27-12-18(23)25-11-17-21-19(22-26-17)13-3-5-14(20)6-4-13/h3-10H,2,11-12H2,1H3. The van der Waals surface area contributed by atoms with E-state index in [1.54, 1.807) is 24.3 Å². The van der Waals surface area contributed by atoms with E-state index in [9.17, 15) is 4.79 Å². The Labute approximate surface area is 165 Å². The molecule has 0 aliphatic carbocycles. The number of aromatic nitrogens is 2. The molecule has 0 N–H and O–H groups in total. The van der Waals surface area contributed by atoms with Gasteiger partial charge < -0.3 is 14.0 Å². The van der Waals surface area contributed by atoms with Crippen LogP contribution in [0.5, 0.6) is 5.75 Å². The van der Waals surface area contributed by atoms with E-state index in [4.69, 9.17) is 25.6 Å². The average Bonchev–Trinajstić information content (AvgIpc) is 3.16. The molecule has 27 heavy (non-hydrogen) atoms. The maximum absolute atomic E-state index is 11.9. The molecule has 1 heterocycles. The van der Waals surface area contributed by atoms with Crippen molar-refractivity contribution in [3.8, 4) is 17.1 Å². The van der Waals surface area contributed by atoms with Crippen LogP contribution in [0.4, 0.5) is 0 Å². The lowest BCUT2D eigenvalue weighted by Crippen LogP contribution is -2.07. The monoisotopic (exact) mass is 404 g/mol. The Morgan fingerprint density at radius 2 is 1.89 bits per heavy atom. The van der Waals surface area contributed by atoms with E-state index in [-0.39, 0.29) is 24.2 Å². The predicted octanol–water partition coefficient (Wildman–Crippen LogP) is 4.62. The fourth-order valence-electron chi connectivity index (χ4n) is 2.15. The second-order valence-corrected chi connectivity index (χ2v) is 6.86. The number of nitrogens with zero attached hydrogens (tertiary/aromatic N) is 2. The molecule has 140 valence electrons. The molecule has 0 fully saturated rings. The van der Waals surface area contributed by atoms with Gasteiger partial charge >= 0.3 is 5.97 Å². The normalized spacial score (nSPS) is 10.6. The van der Waals surface area contributed by atoms with Gasteiger partial charge in [0.25, 0.3) is 5.89 Å². The Balaban J connectivity index is 1.46. The minimum atomic E-state index is -0.361. The predicted molar refractivity (Wildman–Crippen MR) is 103 cm³/mol. The third kappa shape index (κ3) is 5.74. The zero-order chi connectivity index (χ0) is 19.1. The summed E-state index contributed by atoms with van der Waals surface area (Å²) in [5.74, 6) is 1.28. The van der Waals surface area contributed by atoms with E-state index in [0.717, 1.165) is 16.2 Å². The molecular weight excluding hydrogens is 388 g/mol. The average molecular weight is 405 g/mol. The van der Waals surface area contributed by atoms with E-state index in [1.165, 1.54) is 11.8 Å². The number of carbonyl (C=O) groups is 1. The second-order valence-electron chi connectivity index (χ2n) is 5.37. The number of thioether (sulfide) groups is 1. The minimum Gasteiger partial charge on any atom is -0.494 e. The van der Waals surface area contributed by atoms with Gasteiger partial charge in [0, 0.05) is 15.5 Å². The molecule has 0 unspecified atom stereocenters. The molecule has 0 saturated heterocycles. The van der Waals surface area contributed by atoms with Gasteiger partial charge in [-0.2, -0.15) is 4.98 Å². The smallest absolute Gasteiger partial charge is 0.316 e. The number of ether oxygens (including phenoxy) is 2. The van der Waals surface area contributed by atoms with Crippen molar-refractivity contribution in [1.29, 1.82) is 0 Å². The summed E-state index contributed by atoms with van der Waals surface area (Å²) in [6, 6.07) is 14.6. The van der Waals surface area contributed by atoms with Gasteiger partial charge in [0.1, 0.15) is 5.75 Å². The fraction of sp³-hybridized carbons (Fsp3) is 0.211. The maximum atomic E-state index is 11.9. The molecule has 3 rings (SSSR count). The van der Waals surface area contributed by atoms with Crippen LogP contribution in [-0.2, 0) is 16.1 Å². The molecule has 0 saturated carbocycles. The summed E-state index contributed by atoms with van der Waals surface area (Å²) in [5.41, 5.74) is 0.770. The first-order chi connectivity index (χ1) is 13.1. The lowest BCUT2D eigenvalue weighted by atomic mass is 10.2. The minimum absolute atomic E-state index is 0.0662. The van der Waals surface area contributed by atoms with Crippen molar-refractivity contribution >= 4 is 29.3 Å². The van der Waals surface area contributed by atoms with Gasteiger partial charge in [-0.1, -0.05) is 16.8 Å². The molecule has 0 amide bonds. The van der Waals surface area contributed by atoms with Crippen LogP contribution in [0.25, 0.3) is 11.4 Å². The highest BCUT2D eigenvalue weighted by Crippen LogP contribution is 2.22. The lowest BCUT2D eigenvalue weighted by Gasteiger charge is -2.05. The Morgan fingerprint density at radius 1 is 1.15 bits per heavy atom. The van der Waals surface area contributed by atoms with Crippen molar-refractivity contribution in [1.82, 2.24) is 10.1 Å². The van der Waals surface area contributed by atoms with Gasteiger partial charge in [-0.3, -0.25) is 4.79 Å². The van der Waals surface area contributed by atoms with E-state index in [2.05, 4.69) is 10.1 Å². The number of hydrogen-bond donors (Lipinski definition) is 0. The van der Waals surface area contributed by atoms with Crippen LogP contribution in [0.1, 0.15) is 12.8 Å². The number of halogens is 1. The first-order valence-electron chi connectivity index (χ1n) is 8.24. The van der Waals surface area contributed by atoms with E-state index in [1.807, 2.05) is 31.2 Å². The number of benzene rings is 2. The highest BCUT2D eigenvalue weighted by Gasteiger charge is 2.11. The Morgan fingerprint density at radius 3 is 2.59 bits per heavy atom. The van der Waals surface area contributed by atoms with Crippen LogP contribution < -0.4 is 4.74 Å². The third-order valence-corrected chi connectivity index (χ3v) is 4.66. The molecule has 0 aliphatic heterocycles. The topological polar surface area (TPSA) is 74.5 Å². The third-order valence-electron chi connectivity index (χ3n) is 3.42. The Kier molecular flexibility index (Phi) is 6.73. The lowest BCUT2D eigenvalue weighted by molar-refractivity contribution is -0.142. The van der Waals surface area contributed by atoms with Crippen molar-refractivity contribution in [2.24, 2.45) is 0 Å². The highest BCUT2D eigenvalue weighted by molar-refractivity contribution is 8.00. The van der Waals surface area contributed by atoms with Gasteiger partial charge in [0.05, 0.1) is 12.4 Å². The largest absolute Gasteiger partial charge is 0.494 e. The van der Waals surface area contributed by atoms with Crippen molar-refractivity contribution in [3.05, 3.63) is 59.4 Å². The first kappa shape index (κ1) is 19.3. The highest BCUT2D eigenvalue weighted by atomic mass is 35.5. The van der Waals surface area contributed by atoms with Crippen LogP contribution >= 0.6 is 23.4 Å². The van der Waals surface area contributed by atoms with E-state index >= 15 is 0 Å². The summed E-state index contributed by atoms with van der Waals surface area (Å²) in [7, 11) is 0. The van der Waals surface area contributed by atoms with E-state index < -0.39 is 0 Å². The van der Waals surface area contributed by atoms with Crippen molar-refractivity contribution < 1.29 is 18.8 Å². The number of hydrogen-bond acceptors (Lipinski definition) is 7. The molecule has 0 spiro atoms. The van der Waals surface area contributed by atoms with Crippen LogP contribution in [0, 0.1) is 0 Å². The summed E-state index contributed by atoms with van der Waals surface area (Å²) >= 11 is 7.24. The van der Waals surface area contributed by atoms with Crippen LogP contribution in [0.3, 0.4) is 0 Å². The molecule has 2 aromatic carbocycles. The number of carbonyl (C=O) groups excluding carboxylic acids is 1. The van der Waals surface area contributed by atoms with Crippen LogP contribution in [0.15, 0.2) is 57.9 Å². The quantitative estimate of drug-likeness (QED) is 0.400. The molecule has 0 aliphatic rings. The number of esters is 1. The summed E-state index contributed by atoms with van der Waals surface area (Å²) in [5, 5.41) is 4.50. The summed E-state index contributed by atoms with van der Waals surface area (Å²) in [6.07, 6.45) is 0. The van der Waals surface area contributed by atoms with Crippen molar-refractivity contribution in [2.45, 2.75) is 18.4 Å². The Hall–Kier alpha value is -2.51. The molecular formula is C19H17ClN2O4S. The second kappa shape index (κ2) is 9.43. The molecule has 3 aromatic rings. The molecule has 0 radical (unpaired) electrons. The van der Waals surface area contributed by atoms with Crippen molar-refractivity contribution in [3.63, 3.8) is 0 Å². The fourth-order valence-corrected chi connectivity index (χ4v) is 2.98.